The van der Waals surface area contributed by atoms with E-state index in [1.54, 1.807) is 24.3 Å². The number of nitrogens with one attached hydrogen (secondary N) is 1. The fraction of sp³-hybridized carbons (Fsp3) is 0.0556. The van der Waals surface area contributed by atoms with Crippen LogP contribution in [0.4, 0.5) is 0 Å². The normalized spacial score (nSPS) is 10.4. The zero-order chi connectivity index (χ0) is 16.2. The molecule has 0 saturated heterocycles. The van der Waals surface area contributed by atoms with E-state index < -0.39 is 5.91 Å². The molecule has 0 fully saturated rings. The van der Waals surface area contributed by atoms with Crippen LogP contribution in [0.15, 0.2) is 60.7 Å². The highest BCUT2D eigenvalue weighted by Crippen LogP contribution is 2.12. The lowest BCUT2D eigenvalue weighted by molar-refractivity contribution is 0.0945. The minimum Gasteiger partial charge on any atom is -0.366 e. The number of para-hydroxylation sites is 1. The summed E-state index contributed by atoms with van der Waals surface area (Å²) in [7, 11) is 0. The standard InChI is InChI=1S/C18H15N3O2/c19-17(22)14-6-3-4-12(10-14)11-20-18(23)16-9-8-13-5-1-2-7-15(13)21-16/h1-10H,11H2,(H2,19,22)(H,20,23). The maximum atomic E-state index is 12.2. The predicted octanol–water partition coefficient (Wildman–Crippen LogP) is 2.26. The van der Waals surface area contributed by atoms with Crippen molar-refractivity contribution in [3.8, 4) is 0 Å². The van der Waals surface area contributed by atoms with Crippen LogP contribution in [0.2, 0.25) is 0 Å². The number of carbonyl (C=O) groups excluding carboxylic acids is 2. The number of benzene rings is 2. The molecule has 3 rings (SSSR count). The highest BCUT2D eigenvalue weighted by molar-refractivity contribution is 5.95. The molecule has 2 aromatic carbocycles. The second kappa shape index (κ2) is 6.27. The number of primary amides is 1. The average Bonchev–Trinajstić information content (AvgIpc) is 2.59. The number of pyridine rings is 1. The molecule has 0 aliphatic heterocycles. The molecule has 0 atom stereocenters. The Balaban J connectivity index is 1.73. The van der Waals surface area contributed by atoms with Crippen LogP contribution in [-0.4, -0.2) is 16.8 Å². The van der Waals surface area contributed by atoms with Crippen LogP contribution in [0.5, 0.6) is 0 Å². The number of nitrogens with zero attached hydrogens (tertiary/aromatic N) is 1. The number of aromatic nitrogens is 1. The molecule has 0 spiro atoms. The number of rotatable bonds is 4. The molecule has 0 radical (unpaired) electrons. The van der Waals surface area contributed by atoms with Gasteiger partial charge in [0.05, 0.1) is 5.52 Å². The Morgan fingerprint density at radius 1 is 1.00 bits per heavy atom. The summed E-state index contributed by atoms with van der Waals surface area (Å²) >= 11 is 0. The van der Waals surface area contributed by atoms with Crippen LogP contribution in [0.1, 0.15) is 26.4 Å². The maximum absolute atomic E-state index is 12.2. The van der Waals surface area contributed by atoms with Crippen molar-refractivity contribution in [1.29, 1.82) is 0 Å². The van der Waals surface area contributed by atoms with Crippen molar-refractivity contribution >= 4 is 22.7 Å². The van der Waals surface area contributed by atoms with Gasteiger partial charge >= 0.3 is 0 Å². The molecule has 5 heteroatoms. The van der Waals surface area contributed by atoms with E-state index in [2.05, 4.69) is 10.3 Å². The Bertz CT molecular complexity index is 890. The van der Waals surface area contributed by atoms with Crippen molar-refractivity contribution < 1.29 is 9.59 Å². The highest BCUT2D eigenvalue weighted by atomic mass is 16.2. The third-order valence-electron chi connectivity index (χ3n) is 3.50. The van der Waals surface area contributed by atoms with E-state index in [-0.39, 0.29) is 5.91 Å². The van der Waals surface area contributed by atoms with Crippen LogP contribution >= 0.6 is 0 Å². The van der Waals surface area contributed by atoms with E-state index in [4.69, 9.17) is 5.73 Å². The Hall–Kier alpha value is -3.21. The minimum atomic E-state index is -0.491. The van der Waals surface area contributed by atoms with Crippen molar-refractivity contribution in [2.45, 2.75) is 6.54 Å². The molecular formula is C18H15N3O2. The molecule has 114 valence electrons. The van der Waals surface area contributed by atoms with Gasteiger partial charge in [-0.2, -0.15) is 0 Å². The average molecular weight is 305 g/mol. The SMILES string of the molecule is NC(=O)c1cccc(CNC(=O)c2ccc3ccccc3n2)c1. The molecule has 2 amide bonds. The van der Waals surface area contributed by atoms with Crippen LogP contribution in [0, 0.1) is 0 Å². The van der Waals surface area contributed by atoms with E-state index in [0.29, 0.717) is 17.8 Å². The summed E-state index contributed by atoms with van der Waals surface area (Å²) in [6.45, 7) is 0.300. The first-order valence-electron chi connectivity index (χ1n) is 7.16. The number of amides is 2. The molecule has 0 saturated carbocycles. The van der Waals surface area contributed by atoms with Crippen molar-refractivity contribution in [3.63, 3.8) is 0 Å². The molecule has 0 aliphatic rings. The molecular weight excluding hydrogens is 290 g/mol. The number of fused-ring (bicyclic) bond motifs is 1. The lowest BCUT2D eigenvalue weighted by atomic mass is 10.1. The van der Waals surface area contributed by atoms with Crippen molar-refractivity contribution in [3.05, 3.63) is 77.5 Å². The molecule has 1 heterocycles. The summed E-state index contributed by atoms with van der Waals surface area (Å²) in [5.41, 5.74) is 7.59. The quantitative estimate of drug-likeness (QED) is 0.775. The van der Waals surface area contributed by atoms with Gasteiger partial charge in [0, 0.05) is 17.5 Å². The van der Waals surface area contributed by atoms with Gasteiger partial charge < -0.3 is 11.1 Å². The Labute approximate surface area is 133 Å². The summed E-state index contributed by atoms with van der Waals surface area (Å²) in [5, 5.41) is 3.78. The van der Waals surface area contributed by atoms with Gasteiger partial charge in [0.1, 0.15) is 5.69 Å². The van der Waals surface area contributed by atoms with Crippen LogP contribution in [0.3, 0.4) is 0 Å². The van der Waals surface area contributed by atoms with E-state index in [1.165, 1.54) is 0 Å². The molecule has 3 aromatic rings. The Morgan fingerprint density at radius 2 is 1.83 bits per heavy atom. The van der Waals surface area contributed by atoms with E-state index >= 15 is 0 Å². The lowest BCUT2D eigenvalue weighted by Crippen LogP contribution is -2.24. The first-order valence-corrected chi connectivity index (χ1v) is 7.16. The van der Waals surface area contributed by atoms with Crippen molar-refractivity contribution in [2.24, 2.45) is 5.73 Å². The number of nitrogens with two attached hydrogens (primary N) is 1. The first kappa shape index (κ1) is 14.7. The van der Waals surface area contributed by atoms with Gasteiger partial charge in [-0.1, -0.05) is 36.4 Å². The maximum Gasteiger partial charge on any atom is 0.270 e. The van der Waals surface area contributed by atoms with E-state index in [1.807, 2.05) is 36.4 Å². The molecule has 3 N–H and O–H groups in total. The molecule has 1 aromatic heterocycles. The van der Waals surface area contributed by atoms with Gasteiger partial charge in [-0.15, -0.1) is 0 Å². The summed E-state index contributed by atoms with van der Waals surface area (Å²) in [6.07, 6.45) is 0. The summed E-state index contributed by atoms with van der Waals surface area (Å²) in [5.74, 6) is -0.755. The molecule has 0 unspecified atom stereocenters. The van der Waals surface area contributed by atoms with E-state index in [9.17, 15) is 9.59 Å². The number of hydrogen-bond donors (Lipinski definition) is 2. The van der Waals surface area contributed by atoms with Crippen LogP contribution in [-0.2, 0) is 6.54 Å². The number of carbonyl (C=O) groups is 2. The molecule has 0 bridgehead atoms. The van der Waals surface area contributed by atoms with Gasteiger partial charge in [-0.3, -0.25) is 9.59 Å². The molecule has 23 heavy (non-hydrogen) atoms. The lowest BCUT2D eigenvalue weighted by Gasteiger charge is -2.07. The van der Waals surface area contributed by atoms with E-state index in [0.717, 1.165) is 16.5 Å². The van der Waals surface area contributed by atoms with Crippen LogP contribution in [0.25, 0.3) is 10.9 Å². The fourth-order valence-electron chi connectivity index (χ4n) is 2.30. The summed E-state index contributed by atoms with van der Waals surface area (Å²) in [4.78, 5) is 27.7. The smallest absolute Gasteiger partial charge is 0.270 e. The van der Waals surface area contributed by atoms with Gasteiger partial charge in [0.2, 0.25) is 5.91 Å². The fourth-order valence-corrected chi connectivity index (χ4v) is 2.30. The Morgan fingerprint density at radius 3 is 2.65 bits per heavy atom. The van der Waals surface area contributed by atoms with Crippen molar-refractivity contribution in [1.82, 2.24) is 10.3 Å². The van der Waals surface area contributed by atoms with Crippen molar-refractivity contribution in [2.75, 3.05) is 0 Å². The zero-order valence-electron chi connectivity index (χ0n) is 12.3. The number of hydrogen-bond acceptors (Lipinski definition) is 3. The van der Waals surface area contributed by atoms with Gasteiger partial charge in [-0.05, 0) is 29.8 Å². The van der Waals surface area contributed by atoms with Gasteiger partial charge in [0.15, 0.2) is 0 Å². The second-order valence-corrected chi connectivity index (χ2v) is 5.14. The predicted molar refractivity (Wildman–Crippen MR) is 87.9 cm³/mol. The summed E-state index contributed by atoms with van der Waals surface area (Å²) < 4.78 is 0. The van der Waals surface area contributed by atoms with Crippen LogP contribution < -0.4 is 11.1 Å². The third kappa shape index (κ3) is 3.35. The monoisotopic (exact) mass is 305 g/mol. The highest BCUT2D eigenvalue weighted by Gasteiger charge is 2.08. The Kier molecular flexibility index (Phi) is 4.01. The second-order valence-electron chi connectivity index (χ2n) is 5.14. The summed E-state index contributed by atoms with van der Waals surface area (Å²) in [6, 6.07) is 18.0. The molecule has 5 nitrogen and oxygen atoms in total. The zero-order valence-corrected chi connectivity index (χ0v) is 12.3. The van der Waals surface area contributed by atoms with Gasteiger partial charge in [-0.25, -0.2) is 4.98 Å². The topological polar surface area (TPSA) is 85.1 Å². The third-order valence-corrected chi connectivity index (χ3v) is 3.50. The first-order chi connectivity index (χ1) is 11.1. The van der Waals surface area contributed by atoms with Gasteiger partial charge in [0.25, 0.3) is 5.91 Å². The minimum absolute atomic E-state index is 0.264. The largest absolute Gasteiger partial charge is 0.366 e. The molecule has 0 aliphatic carbocycles.